The SMILES string of the molecule is CCOCCOCCOc1c(Cl)cc(OCc2ccccc2C(C(=O)O)=C(C)C)cc1Cl. The number of allylic oxidation sites excluding steroid dienone is 1. The third kappa shape index (κ3) is 7.71. The average Bonchev–Trinajstić information content (AvgIpc) is 2.73. The summed E-state index contributed by atoms with van der Waals surface area (Å²) in [7, 11) is 0. The first-order valence-electron chi connectivity index (χ1n) is 10.2. The van der Waals surface area contributed by atoms with Crippen molar-refractivity contribution < 1.29 is 28.8 Å². The van der Waals surface area contributed by atoms with Crippen LogP contribution in [0.4, 0.5) is 0 Å². The first-order chi connectivity index (χ1) is 15.3. The molecule has 0 aliphatic heterocycles. The lowest BCUT2D eigenvalue weighted by Crippen LogP contribution is -2.11. The lowest BCUT2D eigenvalue weighted by atomic mass is 9.97. The molecule has 0 radical (unpaired) electrons. The maximum atomic E-state index is 11.7. The van der Waals surface area contributed by atoms with Crippen LogP contribution in [0.15, 0.2) is 42.0 Å². The van der Waals surface area contributed by atoms with Crippen LogP contribution < -0.4 is 9.47 Å². The molecule has 32 heavy (non-hydrogen) atoms. The first-order valence-corrected chi connectivity index (χ1v) is 11.0. The van der Waals surface area contributed by atoms with E-state index in [1.165, 1.54) is 0 Å². The van der Waals surface area contributed by atoms with Gasteiger partial charge in [0.05, 0.1) is 35.4 Å². The first kappa shape index (κ1) is 26.0. The van der Waals surface area contributed by atoms with Gasteiger partial charge in [-0.1, -0.05) is 53.0 Å². The number of carbonyl (C=O) groups is 1. The van der Waals surface area contributed by atoms with E-state index in [-0.39, 0.29) is 12.2 Å². The van der Waals surface area contributed by atoms with Crippen LogP contribution >= 0.6 is 23.2 Å². The Kier molecular flexibility index (Phi) is 10.8. The fraction of sp³-hybridized carbons (Fsp3) is 0.375. The van der Waals surface area contributed by atoms with Gasteiger partial charge in [0, 0.05) is 18.7 Å². The Bertz CT molecular complexity index is 915. The number of hydrogen-bond donors (Lipinski definition) is 1. The molecule has 0 aromatic heterocycles. The maximum Gasteiger partial charge on any atom is 0.336 e. The van der Waals surface area contributed by atoms with Gasteiger partial charge in [-0.05, 0) is 31.9 Å². The number of hydrogen-bond acceptors (Lipinski definition) is 5. The zero-order valence-corrected chi connectivity index (χ0v) is 20.0. The number of aliphatic carboxylic acids is 1. The zero-order chi connectivity index (χ0) is 23.5. The highest BCUT2D eigenvalue weighted by Gasteiger charge is 2.17. The monoisotopic (exact) mass is 482 g/mol. The fourth-order valence-corrected chi connectivity index (χ4v) is 3.55. The molecule has 1 N–H and O–H groups in total. The summed E-state index contributed by atoms with van der Waals surface area (Å²) in [5.74, 6) is -0.178. The molecule has 0 atom stereocenters. The lowest BCUT2D eigenvalue weighted by molar-refractivity contribution is -0.130. The predicted molar refractivity (Wildman–Crippen MR) is 126 cm³/mol. The number of carboxylic acids is 1. The Morgan fingerprint density at radius 1 is 0.938 bits per heavy atom. The van der Waals surface area contributed by atoms with Crippen LogP contribution in [0.5, 0.6) is 11.5 Å². The molecule has 0 aliphatic carbocycles. The quantitative estimate of drug-likeness (QED) is 0.283. The van der Waals surface area contributed by atoms with E-state index < -0.39 is 5.97 Å². The van der Waals surface area contributed by atoms with Crippen LogP contribution in [0.25, 0.3) is 5.57 Å². The van der Waals surface area contributed by atoms with E-state index in [4.69, 9.17) is 42.1 Å². The van der Waals surface area contributed by atoms with Crippen molar-refractivity contribution in [3.8, 4) is 11.5 Å². The third-order valence-electron chi connectivity index (χ3n) is 4.42. The molecule has 0 saturated carbocycles. The van der Waals surface area contributed by atoms with Crippen molar-refractivity contribution >= 4 is 34.7 Å². The Hall–Kier alpha value is -2.25. The normalized spacial score (nSPS) is 10.7. The molecule has 0 unspecified atom stereocenters. The third-order valence-corrected chi connectivity index (χ3v) is 4.98. The van der Waals surface area contributed by atoms with Gasteiger partial charge in [-0.3, -0.25) is 0 Å². The second-order valence-corrected chi connectivity index (χ2v) is 7.81. The molecule has 2 rings (SSSR count). The van der Waals surface area contributed by atoms with Crippen LogP contribution in [0, 0.1) is 0 Å². The van der Waals surface area contributed by atoms with Gasteiger partial charge in [-0.15, -0.1) is 0 Å². The van der Waals surface area contributed by atoms with Crippen molar-refractivity contribution in [1.29, 1.82) is 0 Å². The highest BCUT2D eigenvalue weighted by Crippen LogP contribution is 2.37. The summed E-state index contributed by atoms with van der Waals surface area (Å²) in [5, 5.41) is 10.2. The smallest absolute Gasteiger partial charge is 0.336 e. The summed E-state index contributed by atoms with van der Waals surface area (Å²) in [6.45, 7) is 7.97. The van der Waals surface area contributed by atoms with Gasteiger partial charge >= 0.3 is 5.97 Å². The molecular formula is C24H28Cl2O6. The average molecular weight is 483 g/mol. The zero-order valence-electron chi connectivity index (χ0n) is 18.5. The van der Waals surface area contributed by atoms with Gasteiger partial charge in [0.1, 0.15) is 19.0 Å². The molecule has 2 aromatic rings. The van der Waals surface area contributed by atoms with Gasteiger partial charge in [-0.25, -0.2) is 4.79 Å². The fourth-order valence-electron chi connectivity index (χ4n) is 2.97. The summed E-state index contributed by atoms with van der Waals surface area (Å²) < 4.78 is 22.1. The summed E-state index contributed by atoms with van der Waals surface area (Å²) in [5.41, 5.74) is 2.32. The Morgan fingerprint density at radius 2 is 1.56 bits per heavy atom. The van der Waals surface area contributed by atoms with Crippen LogP contribution in [-0.4, -0.2) is 44.1 Å². The van der Waals surface area contributed by atoms with Crippen molar-refractivity contribution in [2.45, 2.75) is 27.4 Å². The molecule has 6 nitrogen and oxygen atoms in total. The highest BCUT2D eigenvalue weighted by atomic mass is 35.5. The van der Waals surface area contributed by atoms with Gasteiger partial charge in [0.2, 0.25) is 0 Å². The van der Waals surface area contributed by atoms with E-state index in [2.05, 4.69) is 0 Å². The minimum Gasteiger partial charge on any atom is -0.489 e. The molecule has 0 heterocycles. The topological polar surface area (TPSA) is 74.2 Å². The van der Waals surface area contributed by atoms with E-state index in [1.807, 2.05) is 19.1 Å². The molecule has 0 spiro atoms. The van der Waals surface area contributed by atoms with Crippen molar-refractivity contribution in [3.63, 3.8) is 0 Å². The van der Waals surface area contributed by atoms with Crippen LogP contribution in [0.3, 0.4) is 0 Å². The minimum atomic E-state index is -0.980. The molecule has 0 amide bonds. The van der Waals surface area contributed by atoms with Crippen LogP contribution in [0.2, 0.25) is 10.0 Å². The summed E-state index contributed by atoms with van der Waals surface area (Å²) in [6, 6.07) is 10.4. The number of carboxylic acid groups (broad SMARTS) is 1. The van der Waals surface area contributed by atoms with Crippen molar-refractivity contribution in [2.24, 2.45) is 0 Å². The van der Waals surface area contributed by atoms with Gasteiger partial charge in [0.15, 0.2) is 5.75 Å². The van der Waals surface area contributed by atoms with E-state index in [0.29, 0.717) is 65.7 Å². The molecule has 0 aliphatic rings. The second kappa shape index (κ2) is 13.3. The van der Waals surface area contributed by atoms with Crippen molar-refractivity contribution in [2.75, 3.05) is 33.0 Å². The van der Waals surface area contributed by atoms with Gasteiger partial charge < -0.3 is 24.1 Å². The highest BCUT2D eigenvalue weighted by molar-refractivity contribution is 6.37. The molecule has 174 valence electrons. The number of ether oxygens (including phenoxy) is 4. The Labute approximate surface area is 198 Å². The molecule has 0 fully saturated rings. The van der Waals surface area contributed by atoms with E-state index in [1.54, 1.807) is 38.1 Å². The lowest BCUT2D eigenvalue weighted by Gasteiger charge is -2.15. The van der Waals surface area contributed by atoms with Gasteiger partial charge in [-0.2, -0.15) is 0 Å². The summed E-state index contributed by atoms with van der Waals surface area (Å²) in [6.07, 6.45) is 0. The standard InChI is InChI=1S/C24H28Cl2O6/c1-4-29-9-10-30-11-12-31-23-20(25)13-18(14-21(23)26)32-15-17-7-5-6-8-19(17)22(16(2)3)24(27)28/h5-8,13-14H,4,9-12,15H2,1-3H3,(H,27,28). The molecule has 0 saturated heterocycles. The predicted octanol–water partition coefficient (Wildman–Crippen LogP) is 5.88. The number of benzene rings is 2. The van der Waals surface area contributed by atoms with Gasteiger partial charge in [0.25, 0.3) is 0 Å². The molecule has 8 heteroatoms. The van der Waals surface area contributed by atoms with E-state index in [0.717, 1.165) is 5.56 Å². The van der Waals surface area contributed by atoms with Crippen molar-refractivity contribution in [3.05, 3.63) is 63.1 Å². The maximum absolute atomic E-state index is 11.7. The number of rotatable bonds is 13. The molecule has 0 bridgehead atoms. The van der Waals surface area contributed by atoms with Crippen LogP contribution in [0.1, 0.15) is 31.9 Å². The minimum absolute atomic E-state index is 0.154. The summed E-state index contributed by atoms with van der Waals surface area (Å²) in [4.78, 5) is 11.7. The Balaban J connectivity index is 2.02. The second-order valence-electron chi connectivity index (χ2n) is 7.00. The van der Waals surface area contributed by atoms with Crippen molar-refractivity contribution in [1.82, 2.24) is 0 Å². The van der Waals surface area contributed by atoms with E-state index in [9.17, 15) is 9.90 Å². The van der Waals surface area contributed by atoms with E-state index >= 15 is 0 Å². The number of halogens is 2. The Morgan fingerprint density at radius 3 is 2.19 bits per heavy atom. The molecular weight excluding hydrogens is 455 g/mol. The largest absolute Gasteiger partial charge is 0.489 e. The summed E-state index contributed by atoms with van der Waals surface area (Å²) >= 11 is 12.7. The molecule has 2 aromatic carbocycles. The van der Waals surface area contributed by atoms with Crippen LogP contribution in [-0.2, 0) is 20.9 Å².